The van der Waals surface area contributed by atoms with Crippen molar-refractivity contribution in [2.24, 2.45) is 0 Å². The number of nitrogens with one attached hydrogen (secondary N) is 2. The number of carbonyl (C=O) groups excluding carboxylic acids is 1. The van der Waals surface area contributed by atoms with Crippen LogP contribution in [0.2, 0.25) is 0 Å². The zero-order valence-electron chi connectivity index (χ0n) is 16.1. The van der Waals surface area contributed by atoms with Gasteiger partial charge in [0.05, 0.1) is 18.4 Å². The lowest BCUT2D eigenvalue weighted by molar-refractivity contribution is -0.114. The van der Waals surface area contributed by atoms with Crippen molar-refractivity contribution in [1.29, 1.82) is 0 Å². The van der Waals surface area contributed by atoms with Crippen LogP contribution in [0.1, 0.15) is 39.8 Å². The van der Waals surface area contributed by atoms with Crippen molar-refractivity contribution >= 4 is 21.8 Å². The minimum Gasteiger partial charge on any atom is -0.495 e. The van der Waals surface area contributed by atoms with Crippen molar-refractivity contribution < 1.29 is 22.5 Å². The van der Waals surface area contributed by atoms with Gasteiger partial charge >= 0.3 is 0 Å². The molecule has 1 unspecified atom stereocenters. The van der Waals surface area contributed by atoms with E-state index >= 15 is 0 Å². The second-order valence-corrected chi connectivity index (χ2v) is 7.85. The number of aryl methyl sites for hydroxylation is 1. The van der Waals surface area contributed by atoms with E-state index in [0.29, 0.717) is 29.7 Å². The van der Waals surface area contributed by atoms with Gasteiger partial charge in [0.15, 0.2) is 0 Å². The van der Waals surface area contributed by atoms with E-state index in [9.17, 15) is 13.2 Å². The maximum absolute atomic E-state index is 12.8. The molecule has 0 fully saturated rings. The van der Waals surface area contributed by atoms with Crippen LogP contribution in [-0.4, -0.2) is 32.6 Å². The number of ether oxygens (including phenoxy) is 1. The van der Waals surface area contributed by atoms with Crippen LogP contribution >= 0.6 is 0 Å². The van der Waals surface area contributed by atoms with E-state index in [1.165, 1.54) is 20.1 Å². The number of benzene rings is 1. The van der Waals surface area contributed by atoms with Gasteiger partial charge in [0.2, 0.25) is 21.8 Å². The summed E-state index contributed by atoms with van der Waals surface area (Å²) in [7, 11) is -2.38. The van der Waals surface area contributed by atoms with Crippen LogP contribution in [0.5, 0.6) is 5.75 Å². The first-order chi connectivity index (χ1) is 12.7. The first-order valence-electron chi connectivity index (χ1n) is 8.70. The smallest absolute Gasteiger partial charge is 0.244 e. The predicted molar refractivity (Wildman–Crippen MR) is 102 cm³/mol. The average Bonchev–Trinajstić information content (AvgIpc) is 3.02. The number of carbonyl (C=O) groups is 1. The van der Waals surface area contributed by atoms with Crippen LogP contribution in [0.3, 0.4) is 0 Å². The van der Waals surface area contributed by atoms with E-state index in [2.05, 4.69) is 15.2 Å². The van der Waals surface area contributed by atoms with Crippen LogP contribution in [0.25, 0.3) is 11.1 Å². The fourth-order valence-corrected chi connectivity index (χ4v) is 4.08. The summed E-state index contributed by atoms with van der Waals surface area (Å²) in [4.78, 5) is 11.5. The Balaban J connectivity index is 2.62. The lowest BCUT2D eigenvalue weighted by atomic mass is 10.0. The molecule has 2 aromatic rings. The first-order valence-corrected chi connectivity index (χ1v) is 10.2. The summed E-state index contributed by atoms with van der Waals surface area (Å²) in [6.45, 7) is 6.94. The summed E-state index contributed by atoms with van der Waals surface area (Å²) in [6, 6.07) is 4.56. The Morgan fingerprint density at radius 2 is 2.04 bits per heavy atom. The number of anilines is 1. The summed E-state index contributed by atoms with van der Waals surface area (Å²) >= 11 is 0. The molecule has 9 heteroatoms. The van der Waals surface area contributed by atoms with Gasteiger partial charge in [-0.25, -0.2) is 13.1 Å². The Morgan fingerprint density at radius 1 is 1.33 bits per heavy atom. The van der Waals surface area contributed by atoms with E-state index in [1.807, 2.05) is 13.8 Å². The Bertz CT molecular complexity index is 921. The normalized spacial score (nSPS) is 12.6. The minimum absolute atomic E-state index is 0.0137. The van der Waals surface area contributed by atoms with Gasteiger partial charge in [-0.3, -0.25) is 10.1 Å². The van der Waals surface area contributed by atoms with Gasteiger partial charge < -0.3 is 9.26 Å². The number of nitrogens with zero attached hydrogens (tertiary/aromatic N) is 1. The molecule has 0 spiro atoms. The van der Waals surface area contributed by atoms with E-state index in [0.717, 1.165) is 0 Å². The minimum atomic E-state index is -3.80. The van der Waals surface area contributed by atoms with Crippen molar-refractivity contribution in [3.8, 4) is 16.9 Å². The fraction of sp³-hybridized carbons (Fsp3) is 0.444. The molecule has 1 aromatic carbocycles. The number of methoxy groups -OCH3 is 1. The van der Waals surface area contributed by atoms with Gasteiger partial charge in [-0.2, -0.15) is 0 Å². The molecule has 0 saturated heterocycles. The van der Waals surface area contributed by atoms with Crippen LogP contribution in [0.4, 0.5) is 5.88 Å². The van der Waals surface area contributed by atoms with Crippen molar-refractivity contribution in [1.82, 2.24) is 9.88 Å². The molecule has 1 heterocycles. The molecule has 1 aromatic heterocycles. The summed E-state index contributed by atoms with van der Waals surface area (Å²) in [5, 5.41) is 6.56. The van der Waals surface area contributed by atoms with Crippen molar-refractivity contribution in [3.63, 3.8) is 0 Å². The van der Waals surface area contributed by atoms with Gasteiger partial charge in [-0.15, -0.1) is 0 Å². The Labute approximate surface area is 159 Å². The SMILES string of the molecule is CCc1noc(NC(C)=O)c1-c1ccc(OC)c(S(=O)(=O)NC(C)CC)c1. The van der Waals surface area contributed by atoms with Crippen molar-refractivity contribution in [3.05, 3.63) is 23.9 Å². The number of amides is 1. The molecule has 27 heavy (non-hydrogen) atoms. The maximum Gasteiger partial charge on any atom is 0.244 e. The maximum atomic E-state index is 12.8. The van der Waals surface area contributed by atoms with Gasteiger partial charge in [-0.1, -0.05) is 25.1 Å². The van der Waals surface area contributed by atoms with Gasteiger partial charge in [0.25, 0.3) is 0 Å². The highest BCUT2D eigenvalue weighted by Crippen LogP contribution is 2.36. The van der Waals surface area contributed by atoms with E-state index < -0.39 is 10.0 Å². The summed E-state index contributed by atoms with van der Waals surface area (Å²) < 4.78 is 38.7. The zero-order valence-corrected chi connectivity index (χ0v) is 16.9. The summed E-state index contributed by atoms with van der Waals surface area (Å²) in [5.74, 6) is 0.0997. The molecule has 2 N–H and O–H groups in total. The lowest BCUT2D eigenvalue weighted by Gasteiger charge is -2.15. The second-order valence-electron chi connectivity index (χ2n) is 6.16. The molecule has 1 atom stereocenters. The molecule has 2 rings (SSSR count). The second kappa shape index (κ2) is 8.53. The third-order valence-corrected chi connectivity index (χ3v) is 5.71. The molecular formula is C18H25N3O5S. The van der Waals surface area contributed by atoms with Crippen molar-refractivity contribution in [2.45, 2.75) is 51.5 Å². The standard InChI is InChI=1S/C18H25N3O5S/c1-6-11(3)21-27(23,24)16-10-13(8-9-15(16)25-5)17-14(7-2)20-26-18(17)19-12(4)22/h8-11,21H,6-7H2,1-5H3,(H,19,22). The molecule has 0 aliphatic heterocycles. The number of rotatable bonds is 8. The number of sulfonamides is 1. The molecular weight excluding hydrogens is 370 g/mol. The van der Waals surface area contributed by atoms with E-state index in [-0.39, 0.29) is 28.5 Å². The van der Waals surface area contributed by atoms with Crippen molar-refractivity contribution in [2.75, 3.05) is 12.4 Å². The third-order valence-electron chi connectivity index (χ3n) is 4.10. The zero-order chi connectivity index (χ0) is 20.2. The Kier molecular flexibility index (Phi) is 6.61. The third kappa shape index (κ3) is 4.67. The van der Waals surface area contributed by atoms with E-state index in [4.69, 9.17) is 9.26 Å². The number of aromatic nitrogens is 1. The topological polar surface area (TPSA) is 111 Å². The van der Waals surface area contributed by atoms with Crippen LogP contribution in [0, 0.1) is 0 Å². The quantitative estimate of drug-likeness (QED) is 0.711. The van der Waals surface area contributed by atoms with Gasteiger partial charge in [0.1, 0.15) is 10.6 Å². The average molecular weight is 395 g/mol. The predicted octanol–water partition coefficient (Wildman–Crippen LogP) is 2.95. The Morgan fingerprint density at radius 3 is 2.59 bits per heavy atom. The molecule has 1 amide bonds. The molecule has 8 nitrogen and oxygen atoms in total. The molecule has 0 aliphatic carbocycles. The molecule has 0 radical (unpaired) electrons. The molecule has 148 valence electrons. The van der Waals surface area contributed by atoms with Gasteiger partial charge in [0, 0.05) is 13.0 Å². The molecule has 0 aliphatic rings. The summed E-state index contributed by atoms with van der Waals surface area (Å²) in [6.07, 6.45) is 1.21. The number of hydrogen-bond acceptors (Lipinski definition) is 6. The first kappa shape index (κ1) is 20.9. The summed E-state index contributed by atoms with van der Waals surface area (Å²) in [5.41, 5.74) is 1.72. The van der Waals surface area contributed by atoms with E-state index in [1.54, 1.807) is 19.1 Å². The molecule has 0 bridgehead atoms. The molecule has 0 saturated carbocycles. The van der Waals surface area contributed by atoms with Gasteiger partial charge in [-0.05, 0) is 37.5 Å². The highest BCUT2D eigenvalue weighted by molar-refractivity contribution is 7.89. The highest BCUT2D eigenvalue weighted by Gasteiger charge is 2.25. The fourth-order valence-electron chi connectivity index (χ4n) is 2.56. The Hall–Kier alpha value is -2.39. The van der Waals surface area contributed by atoms with Crippen LogP contribution < -0.4 is 14.8 Å². The number of hydrogen-bond donors (Lipinski definition) is 2. The van der Waals surface area contributed by atoms with Crippen LogP contribution in [0.15, 0.2) is 27.6 Å². The highest BCUT2D eigenvalue weighted by atomic mass is 32.2. The largest absolute Gasteiger partial charge is 0.495 e. The lowest BCUT2D eigenvalue weighted by Crippen LogP contribution is -2.32. The monoisotopic (exact) mass is 395 g/mol. The van der Waals surface area contributed by atoms with Crippen LogP contribution in [-0.2, 0) is 21.2 Å².